The van der Waals surface area contributed by atoms with Gasteiger partial charge in [0.15, 0.2) is 6.23 Å². The van der Waals surface area contributed by atoms with E-state index in [0.29, 0.717) is 5.57 Å². The topological polar surface area (TPSA) is 126 Å². The average molecular weight is 329 g/mol. The maximum absolute atomic E-state index is 10.9. The number of non-ortho nitro benzene ring substituents is 1. The predicted octanol–water partition coefficient (Wildman–Crippen LogP) is 1.62. The molecule has 3 rings (SSSR count). The first-order valence-corrected chi connectivity index (χ1v) is 7.88. The van der Waals surface area contributed by atoms with Crippen molar-refractivity contribution in [3.63, 3.8) is 0 Å². The number of allylic oxidation sites excluding steroid dienone is 1. The van der Waals surface area contributed by atoms with Crippen molar-refractivity contribution in [2.75, 3.05) is 0 Å². The van der Waals surface area contributed by atoms with Crippen molar-refractivity contribution in [3.8, 4) is 6.07 Å². The van der Waals surface area contributed by atoms with Gasteiger partial charge in [0.05, 0.1) is 10.5 Å². The van der Waals surface area contributed by atoms with E-state index in [2.05, 4.69) is 23.8 Å². The van der Waals surface area contributed by atoms with Crippen molar-refractivity contribution < 1.29 is 9.66 Å². The number of hydrazine groups is 1. The van der Waals surface area contributed by atoms with E-state index in [4.69, 9.17) is 10.5 Å². The van der Waals surface area contributed by atoms with E-state index in [0.717, 1.165) is 18.4 Å². The van der Waals surface area contributed by atoms with E-state index in [-0.39, 0.29) is 35.7 Å². The summed E-state index contributed by atoms with van der Waals surface area (Å²) in [7, 11) is 0. The number of nitrogens with one attached hydrogen (secondary N) is 2. The number of fused-ring (bicyclic) bond motifs is 1. The van der Waals surface area contributed by atoms with Crippen LogP contribution in [0.5, 0.6) is 0 Å². The van der Waals surface area contributed by atoms with E-state index in [1.807, 2.05) is 0 Å². The van der Waals surface area contributed by atoms with Crippen LogP contribution in [0.15, 0.2) is 35.7 Å². The van der Waals surface area contributed by atoms with Crippen LogP contribution in [0.25, 0.3) is 0 Å². The lowest BCUT2D eigenvalue weighted by Gasteiger charge is -2.35. The second-order valence-corrected chi connectivity index (χ2v) is 6.02. The minimum atomic E-state index is -0.440. The largest absolute Gasteiger partial charge is 0.458 e. The molecule has 0 aromatic heterocycles. The molecule has 2 aliphatic rings. The van der Waals surface area contributed by atoms with Gasteiger partial charge in [-0.25, -0.2) is 5.43 Å². The molecule has 1 fully saturated rings. The molecule has 1 saturated heterocycles. The van der Waals surface area contributed by atoms with Gasteiger partial charge in [-0.3, -0.25) is 15.5 Å². The summed E-state index contributed by atoms with van der Waals surface area (Å²) < 4.78 is 5.66. The molecule has 2 aliphatic heterocycles. The molecule has 0 bridgehead atoms. The summed E-state index contributed by atoms with van der Waals surface area (Å²) >= 11 is 0. The molecule has 2 heterocycles. The molecule has 126 valence electrons. The molecular weight excluding hydrogens is 310 g/mol. The van der Waals surface area contributed by atoms with Crippen LogP contribution in [0.4, 0.5) is 5.69 Å². The van der Waals surface area contributed by atoms with Gasteiger partial charge in [-0.1, -0.05) is 25.5 Å². The molecule has 0 saturated carbocycles. The number of nitro benzene ring substituents is 1. The van der Waals surface area contributed by atoms with Gasteiger partial charge in [0.2, 0.25) is 5.88 Å². The summed E-state index contributed by atoms with van der Waals surface area (Å²) in [6, 6.07) is 8.57. The van der Waals surface area contributed by atoms with E-state index in [1.165, 1.54) is 12.1 Å². The van der Waals surface area contributed by atoms with Crippen LogP contribution in [0, 0.1) is 27.4 Å². The number of nitrogens with two attached hydrogens (primary N) is 1. The average Bonchev–Trinajstić information content (AvgIpc) is 2.96. The van der Waals surface area contributed by atoms with Crippen LogP contribution in [0.1, 0.15) is 31.2 Å². The van der Waals surface area contributed by atoms with E-state index >= 15 is 0 Å². The Hall–Kier alpha value is -2.63. The molecule has 1 aromatic rings. The van der Waals surface area contributed by atoms with Gasteiger partial charge in [0, 0.05) is 30.0 Å². The Balaban J connectivity index is 2.03. The quantitative estimate of drug-likeness (QED) is 0.566. The number of hydrogen-bond donors (Lipinski definition) is 3. The molecular formula is C16H19N5O3. The van der Waals surface area contributed by atoms with Crippen molar-refractivity contribution >= 4 is 5.69 Å². The number of ether oxygens (including phenoxy) is 1. The van der Waals surface area contributed by atoms with Crippen LogP contribution >= 0.6 is 0 Å². The van der Waals surface area contributed by atoms with Gasteiger partial charge in [-0.05, 0) is 12.0 Å². The lowest BCUT2D eigenvalue weighted by atomic mass is 9.75. The Bertz CT molecular complexity index is 709. The Morgan fingerprint density at radius 3 is 2.67 bits per heavy atom. The highest BCUT2D eigenvalue weighted by molar-refractivity contribution is 5.44. The highest BCUT2D eigenvalue weighted by Crippen LogP contribution is 2.43. The third kappa shape index (κ3) is 2.68. The number of nitro groups is 1. The van der Waals surface area contributed by atoms with E-state index < -0.39 is 4.92 Å². The Kier molecular flexibility index (Phi) is 4.38. The number of nitriles is 1. The van der Waals surface area contributed by atoms with Crippen molar-refractivity contribution in [2.24, 2.45) is 11.7 Å². The first-order valence-electron chi connectivity index (χ1n) is 7.88. The molecule has 0 radical (unpaired) electrons. The van der Waals surface area contributed by atoms with Crippen LogP contribution < -0.4 is 16.6 Å². The van der Waals surface area contributed by atoms with Crippen molar-refractivity contribution in [1.29, 1.82) is 5.26 Å². The summed E-state index contributed by atoms with van der Waals surface area (Å²) in [5.74, 6) is -0.185. The van der Waals surface area contributed by atoms with Gasteiger partial charge >= 0.3 is 0 Å². The Labute approximate surface area is 139 Å². The minimum absolute atomic E-state index is 0.0191. The third-order valence-electron chi connectivity index (χ3n) is 4.62. The summed E-state index contributed by atoms with van der Waals surface area (Å²) in [6.45, 7) is 2.09. The molecule has 0 aliphatic carbocycles. The first kappa shape index (κ1) is 16.2. The first-order chi connectivity index (χ1) is 11.6. The molecule has 0 amide bonds. The second-order valence-electron chi connectivity index (χ2n) is 6.02. The number of nitrogens with zero attached hydrogens (tertiary/aromatic N) is 2. The number of benzene rings is 1. The fraction of sp³-hybridized carbons (Fsp3) is 0.438. The molecule has 8 heteroatoms. The van der Waals surface area contributed by atoms with Crippen molar-refractivity contribution in [3.05, 3.63) is 51.4 Å². The molecule has 4 unspecified atom stereocenters. The van der Waals surface area contributed by atoms with Crippen LogP contribution in [-0.2, 0) is 4.74 Å². The zero-order valence-electron chi connectivity index (χ0n) is 13.2. The normalized spacial score (nSPS) is 28.8. The third-order valence-corrected chi connectivity index (χ3v) is 4.62. The van der Waals surface area contributed by atoms with Gasteiger partial charge in [0.1, 0.15) is 6.07 Å². The summed E-state index contributed by atoms with van der Waals surface area (Å²) in [6.07, 6.45) is 1.56. The molecule has 4 N–H and O–H groups in total. The monoisotopic (exact) mass is 329 g/mol. The van der Waals surface area contributed by atoms with Crippen molar-refractivity contribution in [2.45, 2.75) is 38.0 Å². The van der Waals surface area contributed by atoms with Gasteiger partial charge in [-0.2, -0.15) is 5.26 Å². The van der Waals surface area contributed by atoms with Gasteiger partial charge in [-0.15, -0.1) is 0 Å². The fourth-order valence-corrected chi connectivity index (χ4v) is 3.55. The van der Waals surface area contributed by atoms with Crippen LogP contribution in [-0.4, -0.2) is 17.2 Å². The van der Waals surface area contributed by atoms with Crippen molar-refractivity contribution in [1.82, 2.24) is 10.9 Å². The summed E-state index contributed by atoms with van der Waals surface area (Å²) in [4.78, 5) is 10.4. The van der Waals surface area contributed by atoms with Gasteiger partial charge < -0.3 is 10.5 Å². The molecule has 0 spiro atoms. The standard InChI is InChI=1S/C16H19N5O3/c1-2-3-12-14-13(9-4-6-10(7-5-9)21(22)23)11(8-17)15(18)24-16(14)20-19-12/h4-7,12-14,16,19-20H,2-3,18H2,1H3. The van der Waals surface area contributed by atoms with Crippen LogP contribution in [0.2, 0.25) is 0 Å². The Morgan fingerprint density at radius 2 is 2.08 bits per heavy atom. The SMILES string of the molecule is CCCC1NNC2OC(N)=C(C#N)C(c3ccc([N+](=O)[O-])cc3)C12. The highest BCUT2D eigenvalue weighted by atomic mass is 16.6. The van der Waals surface area contributed by atoms with E-state index in [1.54, 1.807) is 12.1 Å². The maximum Gasteiger partial charge on any atom is 0.269 e. The summed E-state index contributed by atoms with van der Waals surface area (Å²) in [5, 5.41) is 20.4. The smallest absolute Gasteiger partial charge is 0.269 e. The van der Waals surface area contributed by atoms with Crippen LogP contribution in [0.3, 0.4) is 0 Å². The number of rotatable bonds is 4. The molecule has 1 aromatic carbocycles. The van der Waals surface area contributed by atoms with E-state index in [9.17, 15) is 15.4 Å². The highest BCUT2D eigenvalue weighted by Gasteiger charge is 2.48. The lowest BCUT2D eigenvalue weighted by molar-refractivity contribution is -0.384. The molecule has 4 atom stereocenters. The molecule has 8 nitrogen and oxygen atoms in total. The molecule has 24 heavy (non-hydrogen) atoms. The zero-order valence-corrected chi connectivity index (χ0v) is 13.2. The number of hydrogen-bond acceptors (Lipinski definition) is 7. The zero-order chi connectivity index (χ0) is 17.3. The fourth-order valence-electron chi connectivity index (χ4n) is 3.55. The minimum Gasteiger partial charge on any atom is -0.458 e. The summed E-state index contributed by atoms with van der Waals surface area (Å²) in [5.41, 5.74) is 13.5. The Morgan fingerprint density at radius 1 is 1.38 bits per heavy atom. The second kappa shape index (κ2) is 6.47. The maximum atomic E-state index is 10.9. The predicted molar refractivity (Wildman–Crippen MR) is 86.0 cm³/mol. The van der Waals surface area contributed by atoms with Gasteiger partial charge in [0.25, 0.3) is 5.69 Å². The lowest BCUT2D eigenvalue weighted by Crippen LogP contribution is -2.41.